The Bertz CT molecular complexity index is 506. The molecule has 0 fully saturated rings. The molecule has 0 saturated carbocycles. The minimum absolute atomic E-state index is 0.266. The Morgan fingerprint density at radius 3 is 2.57 bits per heavy atom. The molecule has 0 aliphatic carbocycles. The molecule has 0 aliphatic heterocycles. The fourth-order valence-electron chi connectivity index (χ4n) is 2.06. The van der Waals surface area contributed by atoms with E-state index in [4.69, 9.17) is 4.74 Å². The molecular formula is C16H24N2O3. The Morgan fingerprint density at radius 2 is 2.05 bits per heavy atom. The molecule has 1 unspecified atom stereocenters. The van der Waals surface area contributed by atoms with Gasteiger partial charge in [-0.25, -0.2) is 0 Å². The molecule has 1 amide bonds. The fraction of sp³-hybridized carbons (Fsp3) is 0.562. The third-order valence-corrected chi connectivity index (χ3v) is 3.24. The molecule has 5 heteroatoms. The maximum Gasteiger partial charge on any atom is 0.319 e. The van der Waals surface area contributed by atoms with Gasteiger partial charge in [0.2, 0.25) is 5.91 Å². The zero-order valence-electron chi connectivity index (χ0n) is 13.4. The zero-order valence-corrected chi connectivity index (χ0v) is 13.4. The number of carbonyl (C=O) groups is 2. The molecule has 21 heavy (non-hydrogen) atoms. The summed E-state index contributed by atoms with van der Waals surface area (Å²) < 4.78 is 5.02. The van der Waals surface area contributed by atoms with E-state index in [-0.39, 0.29) is 12.5 Å². The number of rotatable bonds is 5. The first-order chi connectivity index (χ1) is 9.77. The van der Waals surface area contributed by atoms with E-state index in [1.807, 2.05) is 33.8 Å². The van der Waals surface area contributed by atoms with Crippen LogP contribution < -0.4 is 5.32 Å². The monoisotopic (exact) mass is 292 g/mol. The van der Waals surface area contributed by atoms with Gasteiger partial charge in [0.05, 0.1) is 6.61 Å². The molecule has 5 nitrogen and oxygen atoms in total. The van der Waals surface area contributed by atoms with Crippen molar-refractivity contribution in [3.63, 3.8) is 0 Å². The van der Waals surface area contributed by atoms with Gasteiger partial charge in [0.25, 0.3) is 0 Å². The highest BCUT2D eigenvalue weighted by Crippen LogP contribution is 2.27. The topological polar surface area (TPSA) is 68.3 Å². The van der Waals surface area contributed by atoms with Crippen LogP contribution in [0.15, 0.2) is 18.5 Å². The summed E-state index contributed by atoms with van der Waals surface area (Å²) in [5.74, 6) is -1.61. The smallest absolute Gasteiger partial charge is 0.319 e. The van der Waals surface area contributed by atoms with E-state index in [0.29, 0.717) is 6.54 Å². The summed E-state index contributed by atoms with van der Waals surface area (Å²) in [7, 11) is 0. The quantitative estimate of drug-likeness (QED) is 0.667. The largest absolute Gasteiger partial charge is 0.465 e. The van der Waals surface area contributed by atoms with Gasteiger partial charge in [-0.1, -0.05) is 20.8 Å². The predicted octanol–water partition coefficient (Wildman–Crippen LogP) is 2.23. The first-order valence-corrected chi connectivity index (χ1v) is 7.11. The lowest BCUT2D eigenvalue weighted by atomic mass is 9.80. The molecule has 0 aromatic carbocycles. The number of amides is 1. The standard InChI is InChI=1S/C16H24N2O3/c1-6-21-15(20)13(16(3,4)5)14(19)18-10-12-7-8-17-9-11(12)2/h7-9,13H,6,10H2,1-5H3,(H,18,19). The van der Waals surface area contributed by atoms with E-state index in [1.54, 1.807) is 19.3 Å². The Labute approximate surface area is 126 Å². The molecule has 1 aromatic heterocycles. The Hall–Kier alpha value is -1.91. The molecule has 1 aromatic rings. The number of ether oxygens (including phenoxy) is 1. The number of esters is 1. The first-order valence-electron chi connectivity index (χ1n) is 7.11. The predicted molar refractivity (Wildman–Crippen MR) is 80.4 cm³/mol. The summed E-state index contributed by atoms with van der Waals surface area (Å²) in [6.07, 6.45) is 3.43. The van der Waals surface area contributed by atoms with Crippen molar-refractivity contribution in [3.05, 3.63) is 29.6 Å². The van der Waals surface area contributed by atoms with Gasteiger partial charge in [0.15, 0.2) is 0 Å². The van der Waals surface area contributed by atoms with Crippen molar-refractivity contribution in [2.45, 2.75) is 41.2 Å². The van der Waals surface area contributed by atoms with Gasteiger partial charge >= 0.3 is 5.97 Å². The normalized spacial score (nSPS) is 12.6. The minimum Gasteiger partial charge on any atom is -0.465 e. The highest BCUT2D eigenvalue weighted by atomic mass is 16.5. The van der Waals surface area contributed by atoms with Crippen LogP contribution in [0.4, 0.5) is 0 Å². The van der Waals surface area contributed by atoms with Crippen LogP contribution in [0.2, 0.25) is 0 Å². The highest BCUT2D eigenvalue weighted by molar-refractivity contribution is 5.98. The van der Waals surface area contributed by atoms with Gasteiger partial charge in [-0.15, -0.1) is 0 Å². The highest BCUT2D eigenvalue weighted by Gasteiger charge is 2.38. The van der Waals surface area contributed by atoms with Crippen LogP contribution in [0.5, 0.6) is 0 Å². The number of hydrogen-bond donors (Lipinski definition) is 1. The summed E-state index contributed by atoms with van der Waals surface area (Å²) in [4.78, 5) is 28.4. The molecule has 0 bridgehead atoms. The Morgan fingerprint density at radius 1 is 1.38 bits per heavy atom. The number of nitrogens with one attached hydrogen (secondary N) is 1. The summed E-state index contributed by atoms with van der Waals surface area (Å²) in [5.41, 5.74) is 1.49. The second kappa shape index (κ2) is 7.20. The third kappa shape index (κ3) is 4.85. The maximum absolute atomic E-state index is 12.4. The van der Waals surface area contributed by atoms with E-state index in [9.17, 15) is 9.59 Å². The number of aromatic nitrogens is 1. The third-order valence-electron chi connectivity index (χ3n) is 3.24. The summed E-state index contributed by atoms with van der Waals surface area (Å²) >= 11 is 0. The Balaban J connectivity index is 2.78. The van der Waals surface area contributed by atoms with Crippen molar-refractivity contribution in [1.29, 1.82) is 0 Å². The van der Waals surface area contributed by atoms with Crippen molar-refractivity contribution in [3.8, 4) is 0 Å². The molecule has 0 radical (unpaired) electrons. The molecule has 0 aliphatic rings. The van der Waals surface area contributed by atoms with Gasteiger partial charge < -0.3 is 10.1 Å². The first kappa shape index (κ1) is 17.1. The minimum atomic E-state index is -0.820. The molecule has 1 heterocycles. The number of nitrogens with zero attached hydrogens (tertiary/aromatic N) is 1. The van der Waals surface area contributed by atoms with Crippen molar-refractivity contribution in [2.24, 2.45) is 11.3 Å². The number of pyridine rings is 1. The van der Waals surface area contributed by atoms with Crippen LogP contribution in [0.25, 0.3) is 0 Å². The lowest BCUT2D eigenvalue weighted by molar-refractivity contribution is -0.156. The van der Waals surface area contributed by atoms with E-state index in [1.165, 1.54) is 0 Å². The summed E-state index contributed by atoms with van der Waals surface area (Å²) in [6, 6.07) is 1.85. The zero-order chi connectivity index (χ0) is 16.0. The molecule has 1 rings (SSSR count). The summed E-state index contributed by atoms with van der Waals surface area (Å²) in [6.45, 7) is 9.86. The SMILES string of the molecule is CCOC(=O)C(C(=O)NCc1ccncc1C)C(C)(C)C. The van der Waals surface area contributed by atoms with Crippen LogP contribution in [-0.4, -0.2) is 23.5 Å². The molecule has 1 N–H and O–H groups in total. The van der Waals surface area contributed by atoms with Crippen LogP contribution in [0.3, 0.4) is 0 Å². The van der Waals surface area contributed by atoms with Gasteiger partial charge in [0, 0.05) is 18.9 Å². The maximum atomic E-state index is 12.4. The second-order valence-electron chi connectivity index (χ2n) is 6.07. The van der Waals surface area contributed by atoms with Crippen molar-refractivity contribution in [2.75, 3.05) is 6.61 Å². The van der Waals surface area contributed by atoms with Gasteiger partial charge in [-0.05, 0) is 36.5 Å². The van der Waals surface area contributed by atoms with Gasteiger partial charge in [-0.3, -0.25) is 14.6 Å². The lowest BCUT2D eigenvalue weighted by Crippen LogP contribution is -2.43. The van der Waals surface area contributed by atoms with Gasteiger partial charge in [0.1, 0.15) is 5.92 Å². The number of carbonyl (C=O) groups excluding carboxylic acids is 2. The average Bonchev–Trinajstić information content (AvgIpc) is 2.36. The van der Waals surface area contributed by atoms with E-state index in [0.717, 1.165) is 11.1 Å². The molecular weight excluding hydrogens is 268 g/mol. The fourth-order valence-corrected chi connectivity index (χ4v) is 2.06. The van der Waals surface area contributed by atoms with Crippen LogP contribution >= 0.6 is 0 Å². The lowest BCUT2D eigenvalue weighted by Gasteiger charge is -2.27. The van der Waals surface area contributed by atoms with E-state index in [2.05, 4.69) is 10.3 Å². The molecule has 116 valence electrons. The van der Waals surface area contributed by atoms with Gasteiger partial charge in [-0.2, -0.15) is 0 Å². The van der Waals surface area contributed by atoms with E-state index < -0.39 is 17.3 Å². The van der Waals surface area contributed by atoms with Crippen LogP contribution in [-0.2, 0) is 20.9 Å². The van der Waals surface area contributed by atoms with Crippen molar-refractivity contribution >= 4 is 11.9 Å². The van der Waals surface area contributed by atoms with Crippen LogP contribution in [0.1, 0.15) is 38.8 Å². The Kier molecular flexibility index (Phi) is 5.88. The van der Waals surface area contributed by atoms with Crippen LogP contribution in [0, 0.1) is 18.3 Å². The second-order valence-corrected chi connectivity index (χ2v) is 6.07. The van der Waals surface area contributed by atoms with Crippen molar-refractivity contribution in [1.82, 2.24) is 10.3 Å². The average molecular weight is 292 g/mol. The molecule has 0 saturated heterocycles. The summed E-state index contributed by atoms with van der Waals surface area (Å²) in [5, 5.41) is 2.82. The number of aryl methyl sites for hydroxylation is 1. The van der Waals surface area contributed by atoms with Crippen molar-refractivity contribution < 1.29 is 14.3 Å². The van der Waals surface area contributed by atoms with E-state index >= 15 is 0 Å². The molecule has 0 spiro atoms. The number of hydrogen-bond acceptors (Lipinski definition) is 4. The molecule has 1 atom stereocenters.